The molecule has 0 saturated carbocycles. The molecule has 0 atom stereocenters. The van der Waals surface area contributed by atoms with E-state index in [0.29, 0.717) is 6.42 Å². The van der Waals surface area contributed by atoms with Crippen LogP contribution >= 0.6 is 27.3 Å². The lowest BCUT2D eigenvalue weighted by molar-refractivity contribution is -0.115. The van der Waals surface area contributed by atoms with Crippen LogP contribution in [0.15, 0.2) is 34.2 Å². The van der Waals surface area contributed by atoms with Crippen LogP contribution in [0, 0.1) is 13.8 Å². The second-order valence-electron chi connectivity index (χ2n) is 4.97. The van der Waals surface area contributed by atoms with Crippen LogP contribution in [-0.4, -0.2) is 15.3 Å². The number of nitrogens with one attached hydrogen (secondary N) is 1. The first-order valence-corrected chi connectivity index (χ1v) is 8.18. The van der Waals surface area contributed by atoms with Crippen molar-refractivity contribution < 1.29 is 4.79 Å². The van der Waals surface area contributed by atoms with E-state index in [1.165, 1.54) is 0 Å². The Morgan fingerprint density at radius 2 is 2.24 bits per heavy atom. The predicted octanol–water partition coefficient (Wildman–Crippen LogP) is 3.96. The number of imidazole rings is 1. The first-order valence-electron chi connectivity index (χ1n) is 6.51. The number of benzene rings is 1. The van der Waals surface area contributed by atoms with Crippen LogP contribution in [0.5, 0.6) is 0 Å². The maximum Gasteiger partial charge on any atom is 0.230 e. The molecule has 0 unspecified atom stereocenters. The van der Waals surface area contributed by atoms with Crippen LogP contribution < -0.4 is 5.32 Å². The van der Waals surface area contributed by atoms with Gasteiger partial charge >= 0.3 is 0 Å². The Kier molecular flexibility index (Phi) is 3.82. The minimum absolute atomic E-state index is 0.0365. The second-order valence-corrected chi connectivity index (χ2v) is 6.66. The fourth-order valence-corrected chi connectivity index (χ4v) is 3.66. The summed E-state index contributed by atoms with van der Waals surface area (Å²) in [6.07, 6.45) is 2.28. The number of aromatic nitrogens is 2. The van der Waals surface area contributed by atoms with Gasteiger partial charge in [0.2, 0.25) is 5.91 Å². The number of halogens is 1. The zero-order valence-electron chi connectivity index (χ0n) is 11.7. The lowest BCUT2D eigenvalue weighted by Crippen LogP contribution is -2.15. The minimum Gasteiger partial charge on any atom is -0.325 e. The molecule has 3 aromatic rings. The number of thiazole rings is 1. The molecule has 2 aromatic heterocycles. The zero-order valence-corrected chi connectivity index (χ0v) is 14.1. The van der Waals surface area contributed by atoms with Gasteiger partial charge in [-0.1, -0.05) is 6.07 Å². The third-order valence-corrected chi connectivity index (χ3v) is 4.69. The van der Waals surface area contributed by atoms with Gasteiger partial charge in [0.25, 0.3) is 0 Å². The number of anilines is 1. The average molecular weight is 364 g/mol. The summed E-state index contributed by atoms with van der Waals surface area (Å²) in [6.45, 7) is 3.97. The average Bonchev–Trinajstić information content (AvgIpc) is 2.94. The van der Waals surface area contributed by atoms with Gasteiger partial charge in [-0.2, -0.15) is 0 Å². The number of fused-ring (bicyclic) bond motifs is 1. The molecule has 1 aromatic carbocycles. The number of carbonyl (C=O) groups is 1. The monoisotopic (exact) mass is 363 g/mol. The van der Waals surface area contributed by atoms with Gasteiger partial charge in [0, 0.05) is 21.7 Å². The summed E-state index contributed by atoms with van der Waals surface area (Å²) in [4.78, 5) is 17.5. The summed E-state index contributed by atoms with van der Waals surface area (Å²) in [5.74, 6) is -0.0365. The van der Waals surface area contributed by atoms with Crippen molar-refractivity contribution in [3.05, 3.63) is 51.2 Å². The lowest BCUT2D eigenvalue weighted by atomic mass is 10.2. The van der Waals surface area contributed by atoms with Gasteiger partial charge in [0.15, 0.2) is 4.96 Å². The van der Waals surface area contributed by atoms with Gasteiger partial charge in [-0.15, -0.1) is 11.3 Å². The Balaban J connectivity index is 1.77. The predicted molar refractivity (Wildman–Crippen MR) is 89.0 cm³/mol. The Labute approximate surface area is 135 Å². The van der Waals surface area contributed by atoms with Crippen molar-refractivity contribution in [1.82, 2.24) is 9.38 Å². The van der Waals surface area contributed by atoms with Crippen molar-refractivity contribution in [3.8, 4) is 0 Å². The normalized spacial score (nSPS) is 11.0. The summed E-state index contributed by atoms with van der Waals surface area (Å²) in [5, 5.41) is 4.91. The van der Waals surface area contributed by atoms with Crippen molar-refractivity contribution >= 4 is 43.8 Å². The lowest BCUT2D eigenvalue weighted by Gasteiger charge is -2.07. The van der Waals surface area contributed by atoms with E-state index in [1.807, 2.05) is 48.0 Å². The van der Waals surface area contributed by atoms with Crippen LogP contribution in [0.2, 0.25) is 0 Å². The molecular weight excluding hydrogens is 350 g/mol. The maximum atomic E-state index is 12.2. The number of nitrogens with zero attached hydrogens (tertiary/aromatic N) is 2. The molecule has 0 spiro atoms. The number of hydrogen-bond donors (Lipinski definition) is 1. The Hall–Kier alpha value is -1.66. The first-order chi connectivity index (χ1) is 10.0. The summed E-state index contributed by atoms with van der Waals surface area (Å²) >= 11 is 5.02. The third kappa shape index (κ3) is 3.01. The smallest absolute Gasteiger partial charge is 0.230 e. The molecular formula is C15H14BrN3OS. The number of rotatable bonds is 3. The van der Waals surface area contributed by atoms with E-state index in [4.69, 9.17) is 0 Å². The second kappa shape index (κ2) is 5.61. The Bertz CT molecular complexity index is 822. The minimum atomic E-state index is -0.0365. The van der Waals surface area contributed by atoms with Gasteiger partial charge in [-0.05, 0) is 47.5 Å². The van der Waals surface area contributed by atoms with E-state index >= 15 is 0 Å². The topological polar surface area (TPSA) is 46.4 Å². The molecule has 4 nitrogen and oxygen atoms in total. The maximum absolute atomic E-state index is 12.2. The van der Waals surface area contributed by atoms with E-state index in [2.05, 4.69) is 26.2 Å². The molecule has 3 rings (SSSR count). The van der Waals surface area contributed by atoms with Crippen LogP contribution in [-0.2, 0) is 11.2 Å². The Morgan fingerprint density at radius 3 is 3.00 bits per heavy atom. The molecule has 108 valence electrons. The molecule has 0 fully saturated rings. The summed E-state index contributed by atoms with van der Waals surface area (Å²) in [7, 11) is 0. The fraction of sp³-hybridized carbons (Fsp3) is 0.200. The number of amides is 1. The largest absolute Gasteiger partial charge is 0.325 e. The highest BCUT2D eigenvalue weighted by Gasteiger charge is 2.11. The molecule has 21 heavy (non-hydrogen) atoms. The van der Waals surface area contributed by atoms with Gasteiger partial charge in [0.05, 0.1) is 17.8 Å². The highest BCUT2D eigenvalue weighted by atomic mass is 79.9. The molecule has 0 aliphatic heterocycles. The quantitative estimate of drug-likeness (QED) is 0.765. The van der Waals surface area contributed by atoms with Gasteiger partial charge in [-0.3, -0.25) is 9.20 Å². The van der Waals surface area contributed by atoms with Crippen molar-refractivity contribution in [3.63, 3.8) is 0 Å². The summed E-state index contributed by atoms with van der Waals surface area (Å²) < 4.78 is 2.87. The van der Waals surface area contributed by atoms with Gasteiger partial charge < -0.3 is 5.32 Å². The highest BCUT2D eigenvalue weighted by molar-refractivity contribution is 9.10. The molecule has 0 radical (unpaired) electrons. The number of aryl methyl sites for hydroxylation is 2. The Morgan fingerprint density at radius 1 is 1.43 bits per heavy atom. The molecule has 1 amide bonds. The SMILES string of the molecule is Cc1ccc(NC(=O)Cc2csc3nc(C)cn23)c(Br)c1. The molecule has 0 bridgehead atoms. The van der Waals surface area contributed by atoms with Crippen LogP contribution in [0.4, 0.5) is 5.69 Å². The van der Waals surface area contributed by atoms with Crippen molar-refractivity contribution in [1.29, 1.82) is 0 Å². The van der Waals surface area contributed by atoms with Crippen LogP contribution in [0.3, 0.4) is 0 Å². The zero-order chi connectivity index (χ0) is 15.0. The summed E-state index contributed by atoms with van der Waals surface area (Å²) in [6, 6.07) is 5.86. The third-order valence-electron chi connectivity index (χ3n) is 3.14. The molecule has 1 N–H and O–H groups in total. The molecule has 0 aliphatic carbocycles. The van der Waals surface area contributed by atoms with Gasteiger partial charge in [0.1, 0.15) is 0 Å². The van der Waals surface area contributed by atoms with E-state index in [1.54, 1.807) is 11.3 Å². The van der Waals surface area contributed by atoms with E-state index < -0.39 is 0 Å². The summed E-state index contributed by atoms with van der Waals surface area (Å²) in [5.41, 5.74) is 3.85. The van der Waals surface area contributed by atoms with Gasteiger partial charge in [-0.25, -0.2) is 4.98 Å². The highest BCUT2D eigenvalue weighted by Crippen LogP contribution is 2.24. The molecule has 2 heterocycles. The standard InChI is InChI=1S/C15H14BrN3OS/c1-9-3-4-13(12(16)5-9)18-14(20)6-11-8-21-15-17-10(2)7-19(11)15/h3-5,7-8H,6H2,1-2H3,(H,18,20). The van der Waals surface area contributed by atoms with Crippen molar-refractivity contribution in [2.45, 2.75) is 20.3 Å². The number of hydrogen-bond acceptors (Lipinski definition) is 3. The first kappa shape index (κ1) is 14.3. The fourth-order valence-electron chi connectivity index (χ4n) is 2.15. The van der Waals surface area contributed by atoms with E-state index in [-0.39, 0.29) is 5.91 Å². The molecule has 0 aliphatic rings. The molecule has 0 saturated heterocycles. The van der Waals surface area contributed by atoms with E-state index in [0.717, 1.165) is 32.1 Å². The molecule has 6 heteroatoms. The van der Waals surface area contributed by atoms with Crippen LogP contribution in [0.1, 0.15) is 17.0 Å². The number of carbonyl (C=O) groups excluding carboxylic acids is 1. The van der Waals surface area contributed by atoms with Crippen molar-refractivity contribution in [2.75, 3.05) is 5.32 Å². The van der Waals surface area contributed by atoms with Crippen molar-refractivity contribution in [2.24, 2.45) is 0 Å². The van der Waals surface area contributed by atoms with E-state index in [9.17, 15) is 4.79 Å². The van der Waals surface area contributed by atoms with Crippen LogP contribution in [0.25, 0.3) is 4.96 Å².